The summed E-state index contributed by atoms with van der Waals surface area (Å²) >= 11 is 3.16. The highest BCUT2D eigenvalue weighted by atomic mass is 79.9. The zero-order valence-corrected chi connectivity index (χ0v) is 11.0. The molecular formula is C10H16BrNO4. The molecule has 1 aromatic rings. The Morgan fingerprint density at radius 1 is 1.19 bits per heavy atom. The highest BCUT2D eigenvalue weighted by Gasteiger charge is 1.97. The summed E-state index contributed by atoms with van der Waals surface area (Å²) in [5.41, 5.74) is 5.77. The van der Waals surface area contributed by atoms with E-state index in [-0.39, 0.29) is 5.75 Å². The molecule has 0 fully saturated rings. The molecule has 3 N–H and O–H groups in total. The second-order valence-electron chi connectivity index (χ2n) is 2.67. The van der Waals surface area contributed by atoms with Gasteiger partial charge in [0.05, 0.1) is 5.69 Å². The van der Waals surface area contributed by atoms with Gasteiger partial charge in [-0.05, 0) is 28.1 Å². The van der Waals surface area contributed by atoms with Gasteiger partial charge in [0, 0.05) is 25.8 Å². The summed E-state index contributed by atoms with van der Waals surface area (Å²) in [6.07, 6.45) is 0. The van der Waals surface area contributed by atoms with Crippen LogP contribution in [0.3, 0.4) is 0 Å². The lowest BCUT2D eigenvalue weighted by Crippen LogP contribution is -2.14. The summed E-state index contributed by atoms with van der Waals surface area (Å²) in [6, 6.07) is 5.03. The molecule has 0 spiro atoms. The number of halogens is 1. The van der Waals surface area contributed by atoms with Crippen molar-refractivity contribution < 1.29 is 19.3 Å². The molecule has 6 heteroatoms. The molecule has 0 radical (unpaired) electrons. The normalized spacial score (nSPS) is 9.81. The molecular weight excluding hydrogens is 278 g/mol. The average molecular weight is 294 g/mol. The molecule has 0 aliphatic rings. The smallest absolute Gasteiger partial charge is 0.270 e. The fraction of sp³-hybridized carbons (Fsp3) is 0.400. The number of phenolic OH excluding ortho intramolecular Hbond substituents is 1. The van der Waals surface area contributed by atoms with Gasteiger partial charge in [0.2, 0.25) is 0 Å². The zero-order valence-electron chi connectivity index (χ0n) is 9.44. The van der Waals surface area contributed by atoms with Gasteiger partial charge < -0.3 is 25.1 Å². The molecule has 0 saturated carbocycles. The lowest BCUT2D eigenvalue weighted by Gasteiger charge is -2.08. The summed E-state index contributed by atoms with van der Waals surface area (Å²) in [7, 11) is 4.53. The molecule has 0 aliphatic heterocycles. The molecule has 0 aliphatic carbocycles. The molecule has 0 bridgehead atoms. The van der Waals surface area contributed by atoms with Crippen molar-refractivity contribution in [3.63, 3.8) is 0 Å². The topological polar surface area (TPSA) is 73.9 Å². The van der Waals surface area contributed by atoms with Gasteiger partial charge in [0.1, 0.15) is 5.75 Å². The molecule has 16 heavy (non-hydrogen) atoms. The zero-order chi connectivity index (χ0) is 12.6. The number of aromatic hydroxyl groups is 1. The maximum absolute atomic E-state index is 8.95. The van der Waals surface area contributed by atoms with Crippen LogP contribution >= 0.6 is 15.9 Å². The number of methoxy groups -OCH3 is 3. The fourth-order valence-corrected chi connectivity index (χ4v) is 1.17. The van der Waals surface area contributed by atoms with Crippen LogP contribution in [0, 0.1) is 0 Å². The van der Waals surface area contributed by atoms with Crippen LogP contribution in [0.4, 0.5) is 5.69 Å². The van der Waals surface area contributed by atoms with E-state index < -0.39 is 6.48 Å². The van der Waals surface area contributed by atoms with Crippen molar-refractivity contribution >= 4 is 21.6 Å². The first-order valence-corrected chi connectivity index (χ1v) is 5.17. The van der Waals surface area contributed by atoms with Gasteiger partial charge >= 0.3 is 0 Å². The first kappa shape index (κ1) is 15.2. The quantitative estimate of drug-likeness (QED) is 0.506. The van der Waals surface area contributed by atoms with E-state index in [1.165, 1.54) is 21.3 Å². The molecule has 5 nitrogen and oxygen atoms in total. The number of hydrogen-bond acceptors (Lipinski definition) is 5. The fourth-order valence-electron chi connectivity index (χ4n) is 0.814. The van der Waals surface area contributed by atoms with Crippen LogP contribution < -0.4 is 5.73 Å². The Kier molecular flexibility index (Phi) is 7.92. The van der Waals surface area contributed by atoms with Gasteiger partial charge in [0.25, 0.3) is 6.48 Å². The van der Waals surface area contributed by atoms with Crippen molar-refractivity contribution in [3.05, 3.63) is 22.7 Å². The Hall–Kier alpha value is -0.820. The highest BCUT2D eigenvalue weighted by molar-refractivity contribution is 9.10. The molecule has 0 unspecified atom stereocenters. The number of benzene rings is 1. The third kappa shape index (κ3) is 5.32. The molecule has 0 saturated heterocycles. The number of para-hydroxylation sites is 1. The number of nitrogens with two attached hydrogens (primary N) is 1. The maximum Gasteiger partial charge on any atom is 0.270 e. The van der Waals surface area contributed by atoms with Crippen LogP contribution in [0.15, 0.2) is 22.7 Å². The van der Waals surface area contributed by atoms with Crippen molar-refractivity contribution in [3.8, 4) is 5.75 Å². The SMILES string of the molecule is COC(OC)OC.Nc1c(O)cccc1Br. The predicted molar refractivity (Wildman–Crippen MR) is 65.0 cm³/mol. The van der Waals surface area contributed by atoms with Crippen LogP contribution in [-0.2, 0) is 14.2 Å². The van der Waals surface area contributed by atoms with Crippen molar-refractivity contribution in [2.75, 3.05) is 27.1 Å². The Morgan fingerprint density at radius 3 is 1.94 bits per heavy atom. The van der Waals surface area contributed by atoms with Gasteiger partial charge in [0.15, 0.2) is 0 Å². The minimum absolute atomic E-state index is 0.115. The van der Waals surface area contributed by atoms with Crippen molar-refractivity contribution in [2.45, 2.75) is 6.48 Å². The molecule has 92 valence electrons. The summed E-state index contributed by atoms with van der Waals surface area (Å²) in [5.74, 6) is 0.115. The summed E-state index contributed by atoms with van der Waals surface area (Å²) < 4.78 is 14.5. The van der Waals surface area contributed by atoms with Crippen LogP contribution in [0.5, 0.6) is 5.75 Å². The Bertz CT molecular complexity index is 279. The third-order valence-corrected chi connectivity index (χ3v) is 2.30. The summed E-state index contributed by atoms with van der Waals surface area (Å²) in [4.78, 5) is 0. The maximum atomic E-state index is 8.95. The summed E-state index contributed by atoms with van der Waals surface area (Å²) in [6.45, 7) is -0.514. The lowest BCUT2D eigenvalue weighted by molar-refractivity contribution is -0.252. The van der Waals surface area contributed by atoms with E-state index in [4.69, 9.17) is 10.8 Å². The minimum atomic E-state index is -0.514. The van der Waals surface area contributed by atoms with Gasteiger partial charge in [-0.15, -0.1) is 0 Å². The molecule has 1 rings (SSSR count). The van der Waals surface area contributed by atoms with Gasteiger partial charge in [-0.1, -0.05) is 6.07 Å². The second-order valence-corrected chi connectivity index (χ2v) is 3.52. The third-order valence-electron chi connectivity index (χ3n) is 1.61. The highest BCUT2D eigenvalue weighted by Crippen LogP contribution is 2.27. The number of nitrogen functional groups attached to an aromatic ring is 1. The first-order chi connectivity index (χ1) is 7.56. The lowest BCUT2D eigenvalue weighted by atomic mass is 10.3. The van der Waals surface area contributed by atoms with E-state index in [1.807, 2.05) is 0 Å². The molecule has 0 atom stereocenters. The Balaban J connectivity index is 0.000000293. The van der Waals surface area contributed by atoms with E-state index in [9.17, 15) is 0 Å². The summed E-state index contributed by atoms with van der Waals surface area (Å²) in [5, 5.41) is 8.95. The minimum Gasteiger partial charge on any atom is -0.506 e. The predicted octanol–water partition coefficient (Wildman–Crippen LogP) is 1.95. The van der Waals surface area contributed by atoms with Crippen LogP contribution in [0.25, 0.3) is 0 Å². The van der Waals surface area contributed by atoms with E-state index >= 15 is 0 Å². The number of ether oxygens (including phenoxy) is 3. The van der Waals surface area contributed by atoms with Crippen molar-refractivity contribution in [2.24, 2.45) is 0 Å². The first-order valence-electron chi connectivity index (χ1n) is 4.38. The standard InChI is InChI=1S/C6H6BrNO.C4H10O3/c7-4-2-1-3-5(9)6(4)8;1-5-4(6-2)7-3/h1-3,9H,8H2;4H,1-3H3. The van der Waals surface area contributed by atoms with Crippen LogP contribution in [0.2, 0.25) is 0 Å². The van der Waals surface area contributed by atoms with E-state index in [2.05, 4.69) is 30.1 Å². The Morgan fingerprint density at radius 2 is 1.69 bits per heavy atom. The van der Waals surface area contributed by atoms with E-state index in [1.54, 1.807) is 18.2 Å². The van der Waals surface area contributed by atoms with E-state index in [0.717, 1.165) is 4.47 Å². The molecule has 0 heterocycles. The number of phenols is 1. The average Bonchev–Trinajstić information content (AvgIpc) is 2.29. The van der Waals surface area contributed by atoms with E-state index in [0.29, 0.717) is 5.69 Å². The van der Waals surface area contributed by atoms with Crippen LogP contribution in [0.1, 0.15) is 0 Å². The van der Waals surface area contributed by atoms with Gasteiger partial charge in [-0.3, -0.25) is 0 Å². The molecule has 0 amide bonds. The largest absolute Gasteiger partial charge is 0.506 e. The van der Waals surface area contributed by atoms with Crippen molar-refractivity contribution in [1.82, 2.24) is 0 Å². The molecule has 0 aromatic heterocycles. The van der Waals surface area contributed by atoms with Gasteiger partial charge in [-0.2, -0.15) is 0 Å². The van der Waals surface area contributed by atoms with Crippen LogP contribution in [-0.4, -0.2) is 32.9 Å². The Labute approximate surface area is 103 Å². The van der Waals surface area contributed by atoms with Gasteiger partial charge in [-0.25, -0.2) is 0 Å². The number of hydrogen-bond donors (Lipinski definition) is 2. The monoisotopic (exact) mass is 293 g/mol. The second kappa shape index (κ2) is 8.35. The number of anilines is 1. The number of rotatable bonds is 3. The molecule has 1 aromatic carbocycles. The van der Waals surface area contributed by atoms with Crippen molar-refractivity contribution in [1.29, 1.82) is 0 Å².